The second kappa shape index (κ2) is 7.77. The van der Waals surface area contributed by atoms with Gasteiger partial charge in [-0.15, -0.1) is 0 Å². The minimum atomic E-state index is -0.817. The molecule has 0 radical (unpaired) electrons. The smallest absolute Gasteiger partial charge is 0.328 e. The van der Waals surface area contributed by atoms with Crippen LogP contribution in [0.1, 0.15) is 28.7 Å². The van der Waals surface area contributed by atoms with E-state index in [1.54, 1.807) is 13.8 Å². The number of nitrogens with zero attached hydrogens (tertiary/aromatic N) is 2. The van der Waals surface area contributed by atoms with Gasteiger partial charge < -0.3 is 15.0 Å². The first-order chi connectivity index (χ1) is 12.6. The molecule has 2 N–H and O–H groups in total. The molecule has 0 aliphatic carbocycles. The van der Waals surface area contributed by atoms with Gasteiger partial charge in [-0.25, -0.2) is 9.78 Å². The third kappa shape index (κ3) is 3.72. The molecule has 0 saturated heterocycles. The van der Waals surface area contributed by atoms with Gasteiger partial charge in [-0.3, -0.25) is 9.78 Å². The molecule has 0 fully saturated rings. The van der Waals surface area contributed by atoms with Crippen molar-refractivity contribution in [2.75, 3.05) is 6.61 Å². The fourth-order valence-corrected chi connectivity index (χ4v) is 2.81. The quantitative estimate of drug-likeness (QED) is 0.663. The lowest BCUT2D eigenvalue weighted by atomic mass is 10.0. The Bertz CT molecular complexity index is 935. The van der Waals surface area contributed by atoms with Crippen LogP contribution >= 0.6 is 0 Å². The zero-order valence-corrected chi connectivity index (χ0v) is 14.7. The van der Waals surface area contributed by atoms with Crippen molar-refractivity contribution in [2.24, 2.45) is 0 Å². The Kier molecular flexibility index (Phi) is 5.26. The minimum Gasteiger partial charge on any atom is -0.464 e. The maximum absolute atomic E-state index is 12.5. The molecule has 3 rings (SSSR count). The van der Waals surface area contributed by atoms with E-state index in [1.807, 2.05) is 30.5 Å². The van der Waals surface area contributed by atoms with Gasteiger partial charge in [-0.05, 0) is 25.5 Å². The van der Waals surface area contributed by atoms with E-state index in [1.165, 1.54) is 12.4 Å². The van der Waals surface area contributed by atoms with E-state index in [-0.39, 0.29) is 12.3 Å². The Labute approximate surface area is 150 Å². The predicted molar refractivity (Wildman–Crippen MR) is 96.7 cm³/mol. The van der Waals surface area contributed by atoms with E-state index >= 15 is 0 Å². The molecule has 0 unspecified atom stereocenters. The van der Waals surface area contributed by atoms with Crippen molar-refractivity contribution in [2.45, 2.75) is 26.3 Å². The van der Waals surface area contributed by atoms with Gasteiger partial charge in [0.1, 0.15) is 11.7 Å². The van der Waals surface area contributed by atoms with Crippen molar-refractivity contribution in [1.82, 2.24) is 20.3 Å². The third-order valence-corrected chi connectivity index (χ3v) is 4.07. The maximum atomic E-state index is 12.5. The largest absolute Gasteiger partial charge is 0.464 e. The Hall–Kier alpha value is -3.22. The summed E-state index contributed by atoms with van der Waals surface area (Å²) in [6.45, 7) is 3.67. The van der Waals surface area contributed by atoms with Crippen LogP contribution in [0.3, 0.4) is 0 Å². The summed E-state index contributed by atoms with van der Waals surface area (Å²) in [5.41, 5.74) is 2.59. The summed E-state index contributed by atoms with van der Waals surface area (Å²) < 4.78 is 5.13. The van der Waals surface area contributed by atoms with Crippen molar-refractivity contribution in [1.29, 1.82) is 0 Å². The van der Waals surface area contributed by atoms with Gasteiger partial charge in [0.25, 0.3) is 5.91 Å². The number of hydrogen-bond donors (Lipinski definition) is 2. The molecule has 1 atom stereocenters. The Morgan fingerprint density at radius 1 is 1.23 bits per heavy atom. The van der Waals surface area contributed by atoms with Crippen LogP contribution in [-0.4, -0.2) is 39.5 Å². The normalized spacial score (nSPS) is 11.9. The standard InChI is InChI=1S/C19H20N4O3/c1-3-26-19(25)16(23-18(24)17-12(2)20-8-9-21-17)10-13-11-22-15-7-5-4-6-14(13)15/h4-9,11,16,22H,3,10H2,1-2H3,(H,23,24)/t16-/m0/s1. The number of carbonyl (C=O) groups is 2. The lowest BCUT2D eigenvalue weighted by molar-refractivity contribution is -0.145. The number of aromatic amines is 1. The van der Waals surface area contributed by atoms with Crippen molar-refractivity contribution in [3.05, 3.63) is 59.8 Å². The van der Waals surface area contributed by atoms with Crippen molar-refractivity contribution < 1.29 is 14.3 Å². The molecule has 7 nitrogen and oxygen atoms in total. The monoisotopic (exact) mass is 352 g/mol. The Morgan fingerprint density at radius 3 is 2.77 bits per heavy atom. The average molecular weight is 352 g/mol. The van der Waals surface area contributed by atoms with E-state index in [2.05, 4.69) is 20.3 Å². The van der Waals surface area contributed by atoms with Gasteiger partial charge in [-0.1, -0.05) is 18.2 Å². The first-order valence-corrected chi connectivity index (χ1v) is 8.40. The second-order valence-electron chi connectivity index (χ2n) is 5.83. The molecule has 1 amide bonds. The van der Waals surface area contributed by atoms with E-state index in [0.717, 1.165) is 16.5 Å². The fourth-order valence-electron chi connectivity index (χ4n) is 2.81. The topological polar surface area (TPSA) is 97.0 Å². The van der Waals surface area contributed by atoms with Gasteiger partial charge in [-0.2, -0.15) is 0 Å². The number of fused-ring (bicyclic) bond motifs is 1. The number of nitrogens with one attached hydrogen (secondary N) is 2. The fraction of sp³-hybridized carbons (Fsp3) is 0.263. The number of hydrogen-bond acceptors (Lipinski definition) is 5. The number of aromatic nitrogens is 3. The molecule has 2 aromatic heterocycles. The van der Waals surface area contributed by atoms with Gasteiger partial charge in [0.15, 0.2) is 0 Å². The van der Waals surface area contributed by atoms with Crippen LogP contribution in [0, 0.1) is 6.92 Å². The number of para-hydroxylation sites is 1. The van der Waals surface area contributed by atoms with Gasteiger partial charge in [0.05, 0.1) is 12.3 Å². The second-order valence-corrected chi connectivity index (χ2v) is 5.83. The van der Waals surface area contributed by atoms with E-state index in [4.69, 9.17) is 4.74 Å². The van der Waals surface area contributed by atoms with Crippen LogP contribution in [0.25, 0.3) is 10.9 Å². The summed E-state index contributed by atoms with van der Waals surface area (Å²) in [5.74, 6) is -0.929. The molecule has 0 aliphatic rings. The van der Waals surface area contributed by atoms with E-state index < -0.39 is 17.9 Å². The molecule has 0 saturated carbocycles. The molecule has 3 aromatic rings. The molecule has 0 spiro atoms. The number of H-pyrrole nitrogens is 1. The molecular formula is C19H20N4O3. The Morgan fingerprint density at radius 2 is 2.00 bits per heavy atom. The number of benzene rings is 1. The van der Waals surface area contributed by atoms with Gasteiger partial charge in [0, 0.05) is 35.9 Å². The van der Waals surface area contributed by atoms with Crippen LogP contribution in [0.2, 0.25) is 0 Å². The zero-order chi connectivity index (χ0) is 18.5. The van der Waals surface area contributed by atoms with Crippen LogP contribution in [0.4, 0.5) is 0 Å². The summed E-state index contributed by atoms with van der Waals surface area (Å²) in [5, 5.41) is 3.74. The molecule has 2 heterocycles. The van der Waals surface area contributed by atoms with Crippen molar-refractivity contribution >= 4 is 22.8 Å². The Balaban J connectivity index is 1.84. The molecule has 134 valence electrons. The molecule has 0 bridgehead atoms. The average Bonchev–Trinajstić information content (AvgIpc) is 3.05. The van der Waals surface area contributed by atoms with Gasteiger partial charge in [0.2, 0.25) is 0 Å². The first-order valence-electron chi connectivity index (χ1n) is 8.40. The summed E-state index contributed by atoms with van der Waals surface area (Å²) in [6, 6.07) is 6.98. The number of amides is 1. The number of esters is 1. The van der Waals surface area contributed by atoms with Crippen LogP contribution in [0.5, 0.6) is 0 Å². The molecular weight excluding hydrogens is 332 g/mol. The summed E-state index contributed by atoms with van der Waals surface area (Å²) in [6.07, 6.45) is 5.12. The van der Waals surface area contributed by atoms with E-state index in [9.17, 15) is 9.59 Å². The minimum absolute atomic E-state index is 0.195. The molecule has 7 heteroatoms. The SMILES string of the molecule is CCOC(=O)[C@H](Cc1c[nH]c2ccccc12)NC(=O)c1nccnc1C. The number of aryl methyl sites for hydroxylation is 1. The number of carbonyl (C=O) groups excluding carboxylic acids is 2. The lowest BCUT2D eigenvalue weighted by Crippen LogP contribution is -2.44. The van der Waals surface area contributed by atoms with Crippen LogP contribution in [0.15, 0.2) is 42.9 Å². The van der Waals surface area contributed by atoms with Crippen LogP contribution < -0.4 is 5.32 Å². The van der Waals surface area contributed by atoms with Gasteiger partial charge >= 0.3 is 5.97 Å². The third-order valence-electron chi connectivity index (χ3n) is 4.07. The van der Waals surface area contributed by atoms with Crippen molar-refractivity contribution in [3.8, 4) is 0 Å². The number of ether oxygens (including phenoxy) is 1. The van der Waals surface area contributed by atoms with Crippen LogP contribution in [-0.2, 0) is 16.0 Å². The highest BCUT2D eigenvalue weighted by Gasteiger charge is 2.25. The highest BCUT2D eigenvalue weighted by Crippen LogP contribution is 2.19. The number of rotatable bonds is 6. The molecule has 0 aliphatic heterocycles. The zero-order valence-electron chi connectivity index (χ0n) is 14.7. The van der Waals surface area contributed by atoms with E-state index in [0.29, 0.717) is 12.1 Å². The molecule has 1 aromatic carbocycles. The highest BCUT2D eigenvalue weighted by molar-refractivity contribution is 5.96. The predicted octanol–water partition coefficient (Wildman–Crippen LogP) is 2.17. The summed E-state index contributed by atoms with van der Waals surface area (Å²) in [4.78, 5) is 36.2. The summed E-state index contributed by atoms with van der Waals surface area (Å²) in [7, 11) is 0. The molecule has 26 heavy (non-hydrogen) atoms. The highest BCUT2D eigenvalue weighted by atomic mass is 16.5. The maximum Gasteiger partial charge on any atom is 0.328 e. The van der Waals surface area contributed by atoms with Crippen molar-refractivity contribution in [3.63, 3.8) is 0 Å². The summed E-state index contributed by atoms with van der Waals surface area (Å²) >= 11 is 0. The lowest BCUT2D eigenvalue weighted by Gasteiger charge is -2.17. The first kappa shape index (κ1) is 17.6.